The first-order valence-electron chi connectivity index (χ1n) is 6.75. The summed E-state index contributed by atoms with van der Waals surface area (Å²) in [7, 11) is 2.81. The van der Waals surface area contributed by atoms with Crippen molar-refractivity contribution in [1.29, 1.82) is 0 Å². The van der Waals surface area contributed by atoms with Crippen LogP contribution < -0.4 is 16.8 Å². The molecule has 0 saturated heterocycles. The van der Waals surface area contributed by atoms with E-state index < -0.39 is 0 Å². The summed E-state index contributed by atoms with van der Waals surface area (Å²) in [6, 6.07) is 22.2. The van der Waals surface area contributed by atoms with Gasteiger partial charge in [-0.05, 0) is 51.8 Å². The molecule has 0 aliphatic rings. The van der Waals surface area contributed by atoms with Crippen molar-refractivity contribution in [2.45, 2.75) is 0 Å². The second kappa shape index (κ2) is 5.59. The van der Waals surface area contributed by atoms with Crippen molar-refractivity contribution in [3.8, 4) is 22.3 Å². The van der Waals surface area contributed by atoms with E-state index in [4.69, 9.17) is 11.5 Å². The molecule has 0 amide bonds. The number of nitrogen functional groups attached to an aromatic ring is 2. The molecule has 0 aliphatic carbocycles. The van der Waals surface area contributed by atoms with E-state index in [2.05, 4.69) is 51.7 Å². The molecule has 0 radical (unpaired) electrons. The van der Waals surface area contributed by atoms with Crippen LogP contribution in [-0.4, -0.2) is 0 Å². The fourth-order valence-corrected chi connectivity index (χ4v) is 2.88. The van der Waals surface area contributed by atoms with Gasteiger partial charge in [-0.1, -0.05) is 42.5 Å². The monoisotopic (exact) mass is 292 g/mol. The van der Waals surface area contributed by atoms with Gasteiger partial charge in [-0.3, -0.25) is 0 Å². The van der Waals surface area contributed by atoms with Crippen LogP contribution in [-0.2, 0) is 0 Å². The average Bonchev–Trinajstić information content (AvgIpc) is 2.49. The molecule has 104 valence electrons. The third-order valence-corrected chi connectivity index (χ3v) is 4.00. The minimum Gasteiger partial charge on any atom is -0.399 e. The first-order valence-corrected chi connectivity index (χ1v) is 7.33. The SMILES string of the molecule is Nc1ccc(-c2cccc(P)c2-c2ccc(N)cc2)cc1. The van der Waals surface area contributed by atoms with Gasteiger partial charge in [0.25, 0.3) is 0 Å². The summed E-state index contributed by atoms with van der Waals surface area (Å²) in [6.07, 6.45) is 0. The highest BCUT2D eigenvalue weighted by molar-refractivity contribution is 7.28. The summed E-state index contributed by atoms with van der Waals surface area (Å²) in [4.78, 5) is 0. The summed E-state index contributed by atoms with van der Waals surface area (Å²) in [5.74, 6) is 0. The Bertz CT molecular complexity index is 762. The zero-order valence-electron chi connectivity index (χ0n) is 11.6. The summed E-state index contributed by atoms with van der Waals surface area (Å²) in [6.45, 7) is 0. The molecule has 3 rings (SSSR count). The van der Waals surface area contributed by atoms with Gasteiger partial charge >= 0.3 is 0 Å². The number of nitrogens with two attached hydrogens (primary N) is 2. The first-order chi connectivity index (χ1) is 10.1. The Labute approximate surface area is 127 Å². The Morgan fingerprint density at radius 2 is 1.14 bits per heavy atom. The molecule has 0 fully saturated rings. The van der Waals surface area contributed by atoms with Crippen LogP contribution in [0.1, 0.15) is 0 Å². The molecule has 3 aromatic rings. The molecule has 0 saturated carbocycles. The van der Waals surface area contributed by atoms with Crippen molar-refractivity contribution in [3.63, 3.8) is 0 Å². The predicted molar refractivity (Wildman–Crippen MR) is 95.5 cm³/mol. The molecule has 0 spiro atoms. The molecule has 0 heterocycles. The van der Waals surface area contributed by atoms with Crippen molar-refractivity contribution in [2.75, 3.05) is 11.5 Å². The van der Waals surface area contributed by atoms with E-state index in [-0.39, 0.29) is 0 Å². The molecule has 1 atom stereocenters. The summed E-state index contributed by atoms with van der Waals surface area (Å²) in [5.41, 5.74) is 17.8. The van der Waals surface area contributed by atoms with Crippen LogP contribution in [0.15, 0.2) is 66.7 Å². The lowest BCUT2D eigenvalue weighted by atomic mass is 9.94. The standard InChI is InChI=1S/C18H17N2P/c19-14-8-4-12(5-9-14)16-2-1-3-17(21)18(16)13-6-10-15(20)11-7-13/h1-11H,19-21H2. The van der Waals surface area contributed by atoms with Gasteiger partial charge in [0.1, 0.15) is 0 Å². The second-order valence-corrected chi connectivity index (χ2v) is 5.64. The summed E-state index contributed by atoms with van der Waals surface area (Å²) >= 11 is 0. The molecule has 4 N–H and O–H groups in total. The Morgan fingerprint density at radius 1 is 0.619 bits per heavy atom. The van der Waals surface area contributed by atoms with Crippen molar-refractivity contribution in [3.05, 3.63) is 66.7 Å². The fourth-order valence-electron chi connectivity index (χ4n) is 2.45. The van der Waals surface area contributed by atoms with Crippen LogP contribution in [0.25, 0.3) is 22.3 Å². The molecule has 0 bridgehead atoms. The van der Waals surface area contributed by atoms with Crippen molar-refractivity contribution in [2.24, 2.45) is 0 Å². The Balaban J connectivity index is 2.20. The highest BCUT2D eigenvalue weighted by Crippen LogP contribution is 2.32. The van der Waals surface area contributed by atoms with E-state index >= 15 is 0 Å². The molecule has 0 aromatic heterocycles. The topological polar surface area (TPSA) is 52.0 Å². The summed E-state index contributed by atoms with van der Waals surface area (Å²) < 4.78 is 0. The average molecular weight is 292 g/mol. The number of rotatable bonds is 2. The predicted octanol–water partition coefficient (Wildman–Crippen LogP) is 3.69. The zero-order valence-corrected chi connectivity index (χ0v) is 12.7. The quantitative estimate of drug-likeness (QED) is 0.559. The van der Waals surface area contributed by atoms with Gasteiger partial charge in [-0.25, -0.2) is 0 Å². The van der Waals surface area contributed by atoms with Gasteiger partial charge in [-0.2, -0.15) is 0 Å². The second-order valence-electron chi connectivity index (χ2n) is 5.01. The highest BCUT2D eigenvalue weighted by Gasteiger charge is 2.10. The Hall–Kier alpha value is -2.31. The highest BCUT2D eigenvalue weighted by atomic mass is 31.0. The normalized spacial score (nSPS) is 10.5. The van der Waals surface area contributed by atoms with Crippen LogP contribution >= 0.6 is 9.24 Å². The van der Waals surface area contributed by atoms with E-state index in [1.165, 1.54) is 11.1 Å². The lowest BCUT2D eigenvalue weighted by Gasteiger charge is -2.13. The molecule has 21 heavy (non-hydrogen) atoms. The summed E-state index contributed by atoms with van der Waals surface area (Å²) in [5, 5.41) is 1.16. The molecular formula is C18H17N2P. The Kier molecular flexibility index (Phi) is 3.64. The van der Waals surface area contributed by atoms with Gasteiger partial charge in [0.05, 0.1) is 0 Å². The van der Waals surface area contributed by atoms with Crippen LogP contribution in [0.2, 0.25) is 0 Å². The molecular weight excluding hydrogens is 275 g/mol. The van der Waals surface area contributed by atoms with E-state index in [0.717, 1.165) is 27.8 Å². The molecule has 0 aliphatic heterocycles. The van der Waals surface area contributed by atoms with E-state index in [1.54, 1.807) is 0 Å². The molecule has 3 heteroatoms. The molecule has 3 aromatic carbocycles. The van der Waals surface area contributed by atoms with E-state index in [0.29, 0.717) is 0 Å². The minimum atomic E-state index is 0.772. The van der Waals surface area contributed by atoms with Crippen molar-refractivity contribution in [1.82, 2.24) is 0 Å². The lowest BCUT2D eigenvalue weighted by Crippen LogP contribution is -1.99. The Morgan fingerprint density at radius 3 is 1.71 bits per heavy atom. The molecule has 1 unspecified atom stereocenters. The lowest BCUT2D eigenvalue weighted by molar-refractivity contribution is 1.60. The fraction of sp³-hybridized carbons (Fsp3) is 0. The molecule has 2 nitrogen and oxygen atoms in total. The maximum Gasteiger partial charge on any atom is 0.0314 e. The number of hydrogen-bond donors (Lipinski definition) is 2. The van der Waals surface area contributed by atoms with Crippen molar-refractivity contribution >= 4 is 25.9 Å². The van der Waals surface area contributed by atoms with Gasteiger partial charge in [0.2, 0.25) is 0 Å². The minimum absolute atomic E-state index is 0.772. The smallest absolute Gasteiger partial charge is 0.0314 e. The van der Waals surface area contributed by atoms with E-state index in [9.17, 15) is 0 Å². The van der Waals surface area contributed by atoms with E-state index in [1.807, 2.05) is 24.3 Å². The van der Waals surface area contributed by atoms with Gasteiger partial charge in [0, 0.05) is 11.4 Å². The van der Waals surface area contributed by atoms with Crippen molar-refractivity contribution < 1.29 is 0 Å². The first kappa shape index (κ1) is 13.7. The van der Waals surface area contributed by atoms with Gasteiger partial charge < -0.3 is 11.5 Å². The maximum absolute atomic E-state index is 5.79. The van der Waals surface area contributed by atoms with Gasteiger partial charge in [-0.15, -0.1) is 9.24 Å². The van der Waals surface area contributed by atoms with Crippen LogP contribution in [0.5, 0.6) is 0 Å². The maximum atomic E-state index is 5.79. The van der Waals surface area contributed by atoms with Crippen LogP contribution in [0.4, 0.5) is 11.4 Å². The van der Waals surface area contributed by atoms with Crippen LogP contribution in [0.3, 0.4) is 0 Å². The van der Waals surface area contributed by atoms with Gasteiger partial charge in [0.15, 0.2) is 0 Å². The third kappa shape index (κ3) is 2.76. The van der Waals surface area contributed by atoms with Crippen LogP contribution in [0, 0.1) is 0 Å². The zero-order chi connectivity index (χ0) is 14.8. The number of hydrogen-bond acceptors (Lipinski definition) is 2. The largest absolute Gasteiger partial charge is 0.399 e. The third-order valence-electron chi connectivity index (χ3n) is 3.52. The number of anilines is 2. The number of benzene rings is 3.